The summed E-state index contributed by atoms with van der Waals surface area (Å²) in [6.45, 7) is -0.0653. The van der Waals surface area contributed by atoms with Gasteiger partial charge in [0.1, 0.15) is 16.5 Å². The molecule has 0 aliphatic carbocycles. The molecule has 0 fully saturated rings. The number of nitrogens with zero attached hydrogens (tertiary/aromatic N) is 2. The summed E-state index contributed by atoms with van der Waals surface area (Å²) in [5.74, 6) is 0.0657. The van der Waals surface area contributed by atoms with E-state index >= 15 is 0 Å². The predicted octanol–water partition coefficient (Wildman–Crippen LogP) is -0.921. The maximum absolute atomic E-state index is 11.7. The smallest absolute Gasteiger partial charge is 0.296 e. The molecule has 33 heavy (non-hydrogen) atoms. The molecule has 15 nitrogen and oxygen atoms in total. The quantitative estimate of drug-likeness (QED) is 0.131. The van der Waals surface area contributed by atoms with E-state index in [1.165, 1.54) is 6.07 Å². The van der Waals surface area contributed by atoms with E-state index in [1.54, 1.807) is 0 Å². The fourth-order valence-corrected chi connectivity index (χ4v) is 4.01. The van der Waals surface area contributed by atoms with Crippen molar-refractivity contribution in [1.82, 2.24) is 14.7 Å². The molecule has 1 aromatic heterocycles. The molecular weight excluding hydrogens is 504 g/mol. The molecular formula is C15H22N6O9S3. The van der Waals surface area contributed by atoms with E-state index in [-0.39, 0.29) is 43.8 Å². The molecule has 18 heteroatoms. The molecule has 0 aliphatic heterocycles. The minimum absolute atomic E-state index is 0.00254. The Morgan fingerprint density at radius 3 is 2.09 bits per heavy atom. The number of nitrogens with one attached hydrogen (secondary N) is 4. The number of rotatable bonds is 12. The molecule has 2 aromatic rings. The number of hydrogen-bond donors (Lipinski definition) is 7. The van der Waals surface area contributed by atoms with Gasteiger partial charge in [-0.1, -0.05) is 0 Å². The molecule has 0 aliphatic rings. The lowest BCUT2D eigenvalue weighted by atomic mass is 10.3. The van der Waals surface area contributed by atoms with E-state index in [0.29, 0.717) is 0 Å². The Hall–Kier alpha value is -2.61. The normalized spacial score (nSPS) is 12.4. The maximum atomic E-state index is 11.7. The Labute approximate surface area is 190 Å². The first-order valence-electron chi connectivity index (χ1n) is 8.97. The van der Waals surface area contributed by atoms with Crippen LogP contribution in [-0.2, 0) is 30.3 Å². The molecule has 1 heterocycles. The molecule has 0 spiro atoms. The van der Waals surface area contributed by atoms with Crippen LogP contribution in [0.2, 0.25) is 0 Å². The van der Waals surface area contributed by atoms with Crippen LogP contribution in [0.25, 0.3) is 0 Å². The number of aliphatic hydroxyl groups is 1. The number of benzene rings is 1. The van der Waals surface area contributed by atoms with Crippen LogP contribution in [0.3, 0.4) is 0 Å². The van der Waals surface area contributed by atoms with Crippen molar-refractivity contribution < 1.29 is 39.5 Å². The van der Waals surface area contributed by atoms with Gasteiger partial charge in [-0.2, -0.15) is 26.8 Å². The van der Waals surface area contributed by atoms with Crippen LogP contribution in [0.5, 0.6) is 0 Å². The van der Waals surface area contributed by atoms with Gasteiger partial charge < -0.3 is 21.1 Å². The summed E-state index contributed by atoms with van der Waals surface area (Å²) in [5, 5.41) is 17.1. The van der Waals surface area contributed by atoms with Crippen LogP contribution in [0.15, 0.2) is 34.1 Å². The third-order valence-electron chi connectivity index (χ3n) is 3.71. The van der Waals surface area contributed by atoms with E-state index in [1.807, 2.05) is 0 Å². The van der Waals surface area contributed by atoms with Gasteiger partial charge in [-0.3, -0.25) is 9.11 Å². The Morgan fingerprint density at radius 1 is 0.848 bits per heavy atom. The van der Waals surface area contributed by atoms with Crippen molar-refractivity contribution >= 4 is 53.5 Å². The first-order valence-corrected chi connectivity index (χ1v) is 13.7. The first kappa shape index (κ1) is 26.6. The van der Waals surface area contributed by atoms with Crippen molar-refractivity contribution in [2.24, 2.45) is 0 Å². The van der Waals surface area contributed by atoms with Gasteiger partial charge in [-0.05, 0) is 18.2 Å². The largest absolute Gasteiger partial charge is 0.395 e. The van der Waals surface area contributed by atoms with E-state index in [2.05, 4.69) is 30.6 Å². The number of anilines is 4. The summed E-state index contributed by atoms with van der Waals surface area (Å²) in [5.41, 5.74) is -0.413. The minimum atomic E-state index is -4.79. The van der Waals surface area contributed by atoms with Crippen LogP contribution in [0, 0.1) is 0 Å². The average Bonchev–Trinajstić information content (AvgIpc) is 2.67. The summed E-state index contributed by atoms with van der Waals surface area (Å²) in [6.07, 6.45) is 0.985. The predicted molar refractivity (Wildman–Crippen MR) is 118 cm³/mol. The first-order chi connectivity index (χ1) is 15.2. The standard InChI is InChI=1S/C15H22N6O9S3/c1-31(23,24)18-5-4-17-15-20-13(16-6-7-22)9-14(21-15)19-11-8-10(32(25,26)27)2-3-12(11)33(28,29)30/h2-3,8-9,18,22H,4-7H2,1H3,(H,25,26,27)(H,28,29,30)(H3,16,17,19,20,21). The zero-order chi connectivity index (χ0) is 24.9. The van der Waals surface area contributed by atoms with Crippen LogP contribution in [0.4, 0.5) is 23.3 Å². The molecule has 0 bridgehead atoms. The Kier molecular flexibility index (Phi) is 8.52. The van der Waals surface area contributed by atoms with Crippen LogP contribution >= 0.6 is 0 Å². The zero-order valence-corrected chi connectivity index (χ0v) is 19.5. The third-order valence-corrected chi connectivity index (χ3v) is 6.20. The van der Waals surface area contributed by atoms with Gasteiger partial charge >= 0.3 is 0 Å². The van der Waals surface area contributed by atoms with Gasteiger partial charge in [0.25, 0.3) is 20.2 Å². The summed E-state index contributed by atoms with van der Waals surface area (Å²) in [7, 11) is -12.9. The maximum Gasteiger partial charge on any atom is 0.296 e. The van der Waals surface area contributed by atoms with E-state index in [4.69, 9.17) is 5.11 Å². The van der Waals surface area contributed by atoms with Gasteiger partial charge in [-0.15, -0.1) is 0 Å². The Bertz CT molecular complexity index is 1310. The minimum Gasteiger partial charge on any atom is -0.395 e. The van der Waals surface area contributed by atoms with Crippen molar-refractivity contribution in [2.45, 2.75) is 9.79 Å². The highest BCUT2D eigenvalue weighted by molar-refractivity contribution is 7.88. The van der Waals surface area contributed by atoms with Crippen LogP contribution in [-0.4, -0.2) is 81.9 Å². The molecule has 2 rings (SSSR count). The van der Waals surface area contributed by atoms with Crippen molar-refractivity contribution in [1.29, 1.82) is 0 Å². The zero-order valence-electron chi connectivity index (χ0n) is 17.0. The Morgan fingerprint density at radius 2 is 1.52 bits per heavy atom. The van der Waals surface area contributed by atoms with E-state index < -0.39 is 45.7 Å². The second kappa shape index (κ2) is 10.5. The topological polar surface area (TPSA) is 237 Å². The molecule has 1 aromatic carbocycles. The van der Waals surface area contributed by atoms with Crippen molar-refractivity contribution in [2.75, 3.05) is 48.4 Å². The fraction of sp³-hybridized carbons (Fsp3) is 0.333. The van der Waals surface area contributed by atoms with E-state index in [0.717, 1.165) is 24.5 Å². The summed E-state index contributed by atoms with van der Waals surface area (Å²) < 4.78 is 89.5. The van der Waals surface area contributed by atoms with Gasteiger partial charge in [0, 0.05) is 25.7 Å². The number of aliphatic hydroxyl groups excluding tert-OH is 1. The molecule has 7 N–H and O–H groups in total. The molecule has 0 unspecified atom stereocenters. The van der Waals surface area contributed by atoms with Crippen LogP contribution in [0.1, 0.15) is 0 Å². The van der Waals surface area contributed by atoms with E-state index in [9.17, 15) is 34.4 Å². The summed E-state index contributed by atoms with van der Waals surface area (Å²) in [6, 6.07) is 3.65. The molecule has 0 saturated heterocycles. The molecule has 0 radical (unpaired) electrons. The second-order valence-corrected chi connectivity index (χ2v) is 11.1. The highest BCUT2D eigenvalue weighted by atomic mass is 32.2. The molecule has 184 valence electrons. The molecule has 0 atom stereocenters. The lowest BCUT2D eigenvalue weighted by molar-refractivity contribution is 0.311. The summed E-state index contributed by atoms with van der Waals surface area (Å²) in [4.78, 5) is 6.86. The average molecular weight is 527 g/mol. The van der Waals surface area contributed by atoms with Crippen molar-refractivity contribution in [3.05, 3.63) is 24.3 Å². The number of hydrogen-bond acceptors (Lipinski definition) is 12. The van der Waals surface area contributed by atoms with Crippen molar-refractivity contribution in [3.8, 4) is 0 Å². The van der Waals surface area contributed by atoms with Gasteiger partial charge in [-0.25, -0.2) is 13.1 Å². The lowest BCUT2D eigenvalue weighted by Crippen LogP contribution is -2.28. The number of aromatic nitrogens is 2. The highest BCUT2D eigenvalue weighted by Gasteiger charge is 2.20. The lowest BCUT2D eigenvalue weighted by Gasteiger charge is -2.14. The van der Waals surface area contributed by atoms with Crippen LogP contribution < -0.4 is 20.7 Å². The highest BCUT2D eigenvalue weighted by Crippen LogP contribution is 2.28. The SMILES string of the molecule is CS(=O)(=O)NCCNc1nc(NCCO)cc(Nc2cc(S(=O)(=O)O)ccc2S(=O)(=O)O)n1. The molecule has 0 amide bonds. The molecule has 0 saturated carbocycles. The van der Waals surface area contributed by atoms with Gasteiger partial charge in [0.2, 0.25) is 16.0 Å². The monoisotopic (exact) mass is 526 g/mol. The fourth-order valence-electron chi connectivity index (χ4n) is 2.41. The summed E-state index contributed by atoms with van der Waals surface area (Å²) >= 11 is 0. The number of sulfonamides is 1. The van der Waals surface area contributed by atoms with Gasteiger partial charge in [0.15, 0.2) is 0 Å². The second-order valence-electron chi connectivity index (χ2n) is 6.44. The van der Waals surface area contributed by atoms with Crippen molar-refractivity contribution in [3.63, 3.8) is 0 Å². The van der Waals surface area contributed by atoms with Gasteiger partial charge in [0.05, 0.1) is 23.4 Å². The third kappa shape index (κ3) is 8.68. The Balaban J connectivity index is 2.42.